The molecule has 1 radical (unpaired) electrons. The molecule has 83 valence electrons. The molecule has 0 aromatic rings. The van der Waals surface area contributed by atoms with E-state index in [1.165, 1.54) is 37.8 Å². The Bertz CT molecular complexity index is 231. The molecule has 2 atom stereocenters. The summed E-state index contributed by atoms with van der Waals surface area (Å²) in [5, 5.41) is 0. The van der Waals surface area contributed by atoms with Crippen molar-refractivity contribution >= 4 is 0 Å². The van der Waals surface area contributed by atoms with Gasteiger partial charge in [-0.15, -0.1) is 0 Å². The third-order valence-corrected chi connectivity index (χ3v) is 4.03. The smallest absolute Gasteiger partial charge is 0 e. The van der Waals surface area contributed by atoms with Crippen LogP contribution in [0.25, 0.3) is 0 Å². The van der Waals surface area contributed by atoms with Gasteiger partial charge in [0.2, 0.25) is 0 Å². The monoisotopic (exact) mass is 281 g/mol. The quantitative estimate of drug-likeness (QED) is 0.703. The molecule has 0 aromatic carbocycles. The number of piperidine rings is 1. The van der Waals surface area contributed by atoms with Gasteiger partial charge in [0.15, 0.2) is 0 Å². The zero-order valence-electron chi connectivity index (χ0n) is 10.1. The van der Waals surface area contributed by atoms with Gasteiger partial charge in [-0.05, 0) is 31.5 Å². The maximum Gasteiger partial charge on any atom is 0 e. The Kier molecular flexibility index (Phi) is 5.35. The van der Waals surface area contributed by atoms with Crippen LogP contribution in [0.5, 0.6) is 0 Å². The van der Waals surface area contributed by atoms with Gasteiger partial charge in [0.1, 0.15) is 0 Å². The summed E-state index contributed by atoms with van der Waals surface area (Å²) in [7, 11) is 0. The Morgan fingerprint density at radius 1 is 1.27 bits per heavy atom. The van der Waals surface area contributed by atoms with Crippen molar-refractivity contribution in [1.82, 2.24) is 4.90 Å². The third-order valence-electron chi connectivity index (χ3n) is 4.03. The van der Waals surface area contributed by atoms with Crippen molar-refractivity contribution in [3.8, 4) is 0 Å². The second-order valence-corrected chi connectivity index (χ2v) is 4.68. The molecule has 2 unspecified atom stereocenters. The summed E-state index contributed by atoms with van der Waals surface area (Å²) in [6, 6.07) is 1.69. The van der Waals surface area contributed by atoms with Gasteiger partial charge in [-0.2, -0.15) is 0 Å². The van der Waals surface area contributed by atoms with Crippen LogP contribution in [-0.4, -0.2) is 23.5 Å². The largest absolute Gasteiger partial charge is 0.300 e. The van der Waals surface area contributed by atoms with Gasteiger partial charge < -0.3 is 4.90 Å². The maximum absolute atomic E-state index is 4.19. The number of allylic oxidation sites excluding steroid dienone is 1. The molecule has 2 heterocycles. The van der Waals surface area contributed by atoms with Crippen molar-refractivity contribution in [1.29, 1.82) is 0 Å². The molecular weight excluding hydrogens is 259 g/mol. The van der Waals surface area contributed by atoms with Crippen LogP contribution in [0, 0.1) is 6.92 Å². The van der Waals surface area contributed by atoms with E-state index in [2.05, 4.69) is 25.7 Å². The molecule has 0 aromatic heterocycles. The van der Waals surface area contributed by atoms with E-state index in [9.17, 15) is 0 Å². The molecule has 15 heavy (non-hydrogen) atoms. The minimum atomic E-state index is 0. The molecule has 0 N–H and O–H groups in total. The predicted octanol–water partition coefficient (Wildman–Crippen LogP) is 3.17. The van der Waals surface area contributed by atoms with Crippen LogP contribution >= 0.6 is 0 Å². The standard InChI is InChI=1S/C13H22N.Y/c1-4-10(3)11-8-12-6-7-13(9-11)14(12)5-2;/h12-13H,3-9H2,1-2H3;/q-1;. The van der Waals surface area contributed by atoms with Crippen molar-refractivity contribution in [2.45, 2.75) is 58.0 Å². The zero-order chi connectivity index (χ0) is 10.1. The molecule has 2 fully saturated rings. The van der Waals surface area contributed by atoms with Crippen molar-refractivity contribution < 1.29 is 32.7 Å². The Balaban J connectivity index is 0.00000112. The van der Waals surface area contributed by atoms with Gasteiger partial charge in [0.25, 0.3) is 0 Å². The molecule has 0 saturated carbocycles. The molecule has 1 nitrogen and oxygen atoms in total. The van der Waals surface area contributed by atoms with Gasteiger partial charge in [-0.3, -0.25) is 0 Å². The minimum Gasteiger partial charge on any atom is -0.300 e. The van der Waals surface area contributed by atoms with Gasteiger partial charge in [-0.1, -0.05) is 33.1 Å². The summed E-state index contributed by atoms with van der Waals surface area (Å²) in [6.07, 6.45) is 6.58. The fourth-order valence-electron chi connectivity index (χ4n) is 3.16. The van der Waals surface area contributed by atoms with E-state index in [4.69, 9.17) is 0 Å². The minimum absolute atomic E-state index is 0. The second-order valence-electron chi connectivity index (χ2n) is 4.68. The number of hydrogen-bond donors (Lipinski definition) is 0. The summed E-state index contributed by atoms with van der Waals surface area (Å²) in [5.74, 6) is 0. The Morgan fingerprint density at radius 2 is 1.80 bits per heavy atom. The van der Waals surface area contributed by atoms with Gasteiger partial charge in [-0.25, -0.2) is 18.1 Å². The molecule has 2 aliphatic heterocycles. The van der Waals surface area contributed by atoms with Crippen LogP contribution in [0.4, 0.5) is 0 Å². The number of rotatable bonds is 2. The average molecular weight is 281 g/mol. The zero-order valence-corrected chi connectivity index (χ0v) is 13.0. The fraction of sp³-hybridized carbons (Fsp3) is 0.769. The molecular formula is C13H22NY-. The van der Waals surface area contributed by atoms with E-state index in [0.717, 1.165) is 18.5 Å². The van der Waals surface area contributed by atoms with Crippen LogP contribution < -0.4 is 0 Å². The van der Waals surface area contributed by atoms with E-state index < -0.39 is 0 Å². The van der Waals surface area contributed by atoms with Crippen LogP contribution in [-0.2, 0) is 32.7 Å². The first-order chi connectivity index (χ1) is 6.76. The maximum atomic E-state index is 4.19. The number of hydrogen-bond acceptors (Lipinski definition) is 1. The Hall–Kier alpha value is 0.674. The molecule has 2 heteroatoms. The molecule has 0 amide bonds. The van der Waals surface area contributed by atoms with Crippen molar-refractivity contribution in [2.75, 3.05) is 6.54 Å². The first-order valence-electron chi connectivity index (χ1n) is 6.04. The summed E-state index contributed by atoms with van der Waals surface area (Å²) in [5.41, 5.74) is 3.09. The van der Waals surface area contributed by atoms with Crippen LogP contribution in [0.3, 0.4) is 0 Å². The fourth-order valence-corrected chi connectivity index (χ4v) is 3.16. The first kappa shape index (κ1) is 13.7. The van der Waals surface area contributed by atoms with E-state index in [1.54, 1.807) is 5.57 Å². The first-order valence-corrected chi connectivity index (χ1v) is 6.04. The Morgan fingerprint density at radius 3 is 2.20 bits per heavy atom. The molecule has 2 rings (SSSR count). The van der Waals surface area contributed by atoms with Gasteiger partial charge in [0.05, 0.1) is 0 Å². The summed E-state index contributed by atoms with van der Waals surface area (Å²) < 4.78 is 0. The SMILES string of the molecule is [CH2-]C(CC)=C1CC2CCC(C1)N2CC.[Y]. The molecule has 0 spiro atoms. The molecule has 2 aliphatic rings. The summed E-state index contributed by atoms with van der Waals surface area (Å²) in [4.78, 5) is 2.70. The second kappa shape index (κ2) is 5.84. The molecule has 2 saturated heterocycles. The van der Waals surface area contributed by atoms with E-state index in [0.29, 0.717) is 0 Å². The molecule has 0 aliphatic carbocycles. The predicted molar refractivity (Wildman–Crippen MR) is 61.1 cm³/mol. The number of fused-ring (bicyclic) bond motifs is 2. The van der Waals surface area contributed by atoms with E-state index in [-0.39, 0.29) is 32.7 Å². The van der Waals surface area contributed by atoms with E-state index >= 15 is 0 Å². The van der Waals surface area contributed by atoms with Gasteiger partial charge in [0, 0.05) is 32.7 Å². The van der Waals surface area contributed by atoms with Crippen molar-refractivity contribution in [2.24, 2.45) is 0 Å². The Labute approximate surface area is 120 Å². The van der Waals surface area contributed by atoms with Crippen molar-refractivity contribution in [3.05, 3.63) is 18.1 Å². The topological polar surface area (TPSA) is 3.24 Å². The third kappa shape index (κ3) is 2.68. The number of nitrogens with zero attached hydrogens (tertiary/aromatic N) is 1. The van der Waals surface area contributed by atoms with Crippen LogP contribution in [0.15, 0.2) is 11.1 Å². The van der Waals surface area contributed by atoms with Crippen LogP contribution in [0.2, 0.25) is 0 Å². The average Bonchev–Trinajstić information content (AvgIpc) is 2.46. The summed E-state index contributed by atoms with van der Waals surface area (Å²) >= 11 is 0. The normalized spacial score (nSPS) is 30.1. The van der Waals surface area contributed by atoms with Crippen LogP contribution in [0.1, 0.15) is 46.0 Å². The van der Waals surface area contributed by atoms with E-state index in [1.807, 2.05) is 0 Å². The van der Waals surface area contributed by atoms with Crippen molar-refractivity contribution in [3.63, 3.8) is 0 Å². The molecule has 2 bridgehead atoms. The van der Waals surface area contributed by atoms with Gasteiger partial charge >= 0.3 is 0 Å². The summed E-state index contributed by atoms with van der Waals surface area (Å²) in [6.45, 7) is 9.95.